The smallest absolute Gasteiger partial charge is 0.192 e. The van der Waals surface area contributed by atoms with Crippen molar-refractivity contribution in [3.63, 3.8) is 0 Å². The molecule has 0 radical (unpaired) electrons. The molecule has 27 heavy (non-hydrogen) atoms. The van der Waals surface area contributed by atoms with E-state index >= 15 is 0 Å². The average Bonchev–Trinajstić information content (AvgIpc) is 3.08. The lowest BCUT2D eigenvalue weighted by Gasteiger charge is -2.10. The van der Waals surface area contributed by atoms with Crippen molar-refractivity contribution >= 4 is 17.5 Å². The third-order valence-corrected chi connectivity index (χ3v) is 4.82. The Morgan fingerprint density at radius 3 is 2.81 bits per heavy atom. The molecule has 0 aliphatic heterocycles. The Morgan fingerprint density at radius 2 is 2.07 bits per heavy atom. The number of hydrogen-bond donors (Lipinski definition) is 0. The normalized spacial score (nSPS) is 10.6. The van der Waals surface area contributed by atoms with Gasteiger partial charge in [-0.15, -0.1) is 16.8 Å². The molecule has 3 rings (SSSR count). The van der Waals surface area contributed by atoms with E-state index in [0.29, 0.717) is 28.8 Å². The minimum absolute atomic E-state index is 0.130. The summed E-state index contributed by atoms with van der Waals surface area (Å²) in [6, 6.07) is 13.2. The monoisotopic (exact) mass is 383 g/mol. The number of carbonyl (C=O) groups is 1. The summed E-state index contributed by atoms with van der Waals surface area (Å²) in [5, 5.41) is 9.07. The van der Waals surface area contributed by atoms with Gasteiger partial charge >= 0.3 is 0 Å². The molecular formula is C20H18FN3O2S. The van der Waals surface area contributed by atoms with Gasteiger partial charge in [0.25, 0.3) is 0 Å². The second kappa shape index (κ2) is 8.64. The zero-order valence-electron chi connectivity index (χ0n) is 14.8. The Bertz CT molecular complexity index is 971. The van der Waals surface area contributed by atoms with Gasteiger partial charge in [-0.25, -0.2) is 4.39 Å². The molecule has 0 amide bonds. The fourth-order valence-corrected chi connectivity index (χ4v) is 3.44. The van der Waals surface area contributed by atoms with Gasteiger partial charge in [0.15, 0.2) is 16.8 Å². The summed E-state index contributed by atoms with van der Waals surface area (Å²) in [5.74, 6) is 0.839. The zero-order chi connectivity index (χ0) is 19.2. The Morgan fingerprint density at radius 1 is 1.26 bits per heavy atom. The van der Waals surface area contributed by atoms with Gasteiger partial charge in [0.2, 0.25) is 0 Å². The maximum atomic E-state index is 13.3. The quantitative estimate of drug-likeness (QED) is 0.331. The summed E-state index contributed by atoms with van der Waals surface area (Å²) in [5.41, 5.74) is 1.14. The maximum absolute atomic E-state index is 13.3. The number of thioether (sulfide) groups is 1. The van der Waals surface area contributed by atoms with Crippen LogP contribution in [0.5, 0.6) is 5.75 Å². The van der Waals surface area contributed by atoms with E-state index in [-0.39, 0.29) is 11.5 Å². The van der Waals surface area contributed by atoms with Crippen LogP contribution in [0, 0.1) is 5.82 Å². The number of ketones is 1. The largest absolute Gasteiger partial charge is 0.496 e. The lowest BCUT2D eigenvalue weighted by atomic mass is 10.1. The SMILES string of the molecule is C=CCn1c(SCC(=O)c2cccc(F)c2)nnc1-c1ccccc1OC. The van der Waals surface area contributed by atoms with Crippen LogP contribution in [0.25, 0.3) is 11.4 Å². The molecular weight excluding hydrogens is 365 g/mol. The van der Waals surface area contributed by atoms with Gasteiger partial charge in [0.1, 0.15) is 11.6 Å². The number of carbonyl (C=O) groups excluding carboxylic acids is 1. The Labute approximate surface area is 160 Å². The van der Waals surface area contributed by atoms with Crippen molar-refractivity contribution in [1.29, 1.82) is 0 Å². The lowest BCUT2D eigenvalue weighted by Crippen LogP contribution is -2.06. The third kappa shape index (κ3) is 4.25. The minimum Gasteiger partial charge on any atom is -0.496 e. The van der Waals surface area contributed by atoms with Gasteiger partial charge in [0, 0.05) is 12.1 Å². The van der Waals surface area contributed by atoms with E-state index in [0.717, 1.165) is 5.56 Å². The van der Waals surface area contributed by atoms with Crippen LogP contribution in [0.3, 0.4) is 0 Å². The van der Waals surface area contributed by atoms with E-state index < -0.39 is 5.82 Å². The molecule has 3 aromatic rings. The number of ether oxygens (including phenoxy) is 1. The number of para-hydroxylation sites is 1. The van der Waals surface area contributed by atoms with Crippen molar-refractivity contribution < 1.29 is 13.9 Å². The highest BCUT2D eigenvalue weighted by atomic mass is 32.2. The molecule has 0 bridgehead atoms. The number of methoxy groups -OCH3 is 1. The van der Waals surface area contributed by atoms with Crippen LogP contribution in [0.2, 0.25) is 0 Å². The van der Waals surface area contributed by atoms with Crippen LogP contribution >= 0.6 is 11.8 Å². The second-order valence-electron chi connectivity index (χ2n) is 5.63. The number of nitrogens with zero attached hydrogens (tertiary/aromatic N) is 3. The van der Waals surface area contributed by atoms with Crippen molar-refractivity contribution in [3.05, 3.63) is 72.6 Å². The molecule has 0 aliphatic carbocycles. The Kier molecular flexibility index (Phi) is 6.03. The molecule has 2 aromatic carbocycles. The molecule has 7 heteroatoms. The molecule has 0 unspecified atom stereocenters. The second-order valence-corrected chi connectivity index (χ2v) is 6.57. The van der Waals surface area contributed by atoms with Crippen molar-refractivity contribution in [1.82, 2.24) is 14.8 Å². The van der Waals surface area contributed by atoms with Crippen LogP contribution in [0.1, 0.15) is 10.4 Å². The summed E-state index contributed by atoms with van der Waals surface area (Å²) in [6.45, 7) is 4.26. The predicted octanol–water partition coefficient (Wildman–Crippen LogP) is 4.25. The minimum atomic E-state index is -0.431. The number of rotatable bonds is 8. The first kappa shape index (κ1) is 18.8. The summed E-state index contributed by atoms with van der Waals surface area (Å²) in [6.07, 6.45) is 1.74. The maximum Gasteiger partial charge on any atom is 0.192 e. The molecule has 0 aliphatic rings. The summed E-state index contributed by atoms with van der Waals surface area (Å²) in [4.78, 5) is 12.3. The number of aromatic nitrogens is 3. The van der Waals surface area contributed by atoms with Gasteiger partial charge in [-0.2, -0.15) is 0 Å². The van der Waals surface area contributed by atoms with Crippen LogP contribution in [-0.2, 0) is 6.54 Å². The van der Waals surface area contributed by atoms with Crippen LogP contribution in [0.15, 0.2) is 66.3 Å². The highest BCUT2D eigenvalue weighted by molar-refractivity contribution is 7.99. The summed E-state index contributed by atoms with van der Waals surface area (Å²) >= 11 is 1.25. The van der Waals surface area contributed by atoms with E-state index in [9.17, 15) is 9.18 Å². The molecule has 1 aromatic heterocycles. The van der Waals surface area contributed by atoms with E-state index in [1.807, 2.05) is 28.8 Å². The molecule has 0 saturated heterocycles. The molecule has 0 fully saturated rings. The van der Waals surface area contributed by atoms with Crippen LogP contribution in [-0.4, -0.2) is 33.4 Å². The van der Waals surface area contributed by atoms with E-state index in [1.165, 1.54) is 30.0 Å². The first-order valence-corrected chi connectivity index (χ1v) is 9.21. The molecule has 0 spiro atoms. The fourth-order valence-electron chi connectivity index (χ4n) is 2.59. The molecule has 0 atom stereocenters. The number of hydrogen-bond acceptors (Lipinski definition) is 5. The van der Waals surface area contributed by atoms with Gasteiger partial charge in [-0.05, 0) is 24.3 Å². The lowest BCUT2D eigenvalue weighted by molar-refractivity contribution is 0.102. The number of Topliss-reactive ketones (excluding diaryl/α,β-unsaturated/α-hetero) is 1. The van der Waals surface area contributed by atoms with Crippen molar-refractivity contribution in [2.75, 3.05) is 12.9 Å². The Hall–Kier alpha value is -2.93. The van der Waals surface area contributed by atoms with Gasteiger partial charge in [-0.3, -0.25) is 9.36 Å². The first-order chi connectivity index (χ1) is 13.1. The molecule has 0 saturated carbocycles. The summed E-state index contributed by atoms with van der Waals surface area (Å²) in [7, 11) is 1.60. The van der Waals surface area contributed by atoms with Gasteiger partial charge < -0.3 is 4.74 Å². The summed E-state index contributed by atoms with van der Waals surface area (Å²) < 4.78 is 20.6. The standard InChI is InChI=1S/C20H18FN3O2S/c1-3-11-24-19(16-9-4-5-10-18(16)26-2)22-23-20(24)27-13-17(25)14-7-6-8-15(21)12-14/h3-10,12H,1,11,13H2,2H3. The topological polar surface area (TPSA) is 57.0 Å². The molecule has 1 heterocycles. The molecule has 138 valence electrons. The third-order valence-electron chi connectivity index (χ3n) is 3.86. The molecule has 5 nitrogen and oxygen atoms in total. The highest BCUT2D eigenvalue weighted by Crippen LogP contribution is 2.31. The predicted molar refractivity (Wildman–Crippen MR) is 104 cm³/mol. The van der Waals surface area contributed by atoms with E-state index in [4.69, 9.17) is 4.74 Å². The Balaban J connectivity index is 1.85. The average molecular weight is 383 g/mol. The number of allylic oxidation sites excluding steroid dienone is 1. The number of halogens is 1. The van der Waals surface area contributed by atoms with Gasteiger partial charge in [0.05, 0.1) is 18.4 Å². The fraction of sp³-hybridized carbons (Fsp3) is 0.150. The van der Waals surface area contributed by atoms with Crippen molar-refractivity contribution in [3.8, 4) is 17.1 Å². The first-order valence-electron chi connectivity index (χ1n) is 8.23. The molecule has 0 N–H and O–H groups in total. The number of benzene rings is 2. The van der Waals surface area contributed by atoms with Crippen LogP contribution in [0.4, 0.5) is 4.39 Å². The van der Waals surface area contributed by atoms with Crippen molar-refractivity contribution in [2.24, 2.45) is 0 Å². The van der Waals surface area contributed by atoms with Crippen molar-refractivity contribution in [2.45, 2.75) is 11.7 Å². The zero-order valence-corrected chi connectivity index (χ0v) is 15.6. The van der Waals surface area contributed by atoms with E-state index in [2.05, 4.69) is 16.8 Å². The van der Waals surface area contributed by atoms with Gasteiger partial charge in [-0.1, -0.05) is 42.1 Å². The highest BCUT2D eigenvalue weighted by Gasteiger charge is 2.18. The van der Waals surface area contributed by atoms with E-state index in [1.54, 1.807) is 19.3 Å². The van der Waals surface area contributed by atoms with Crippen LogP contribution < -0.4 is 4.74 Å².